The fraction of sp³-hybridized carbons (Fsp3) is 0.385. The normalized spacial score (nSPS) is 25.2. The minimum Gasteiger partial charge on any atom is -0.363 e. The average molecular weight is 228 g/mol. The molecule has 86 valence electrons. The molecule has 0 bridgehead atoms. The first-order valence-electron chi connectivity index (χ1n) is 5.96. The van der Waals surface area contributed by atoms with Gasteiger partial charge in [-0.25, -0.2) is 4.57 Å². The summed E-state index contributed by atoms with van der Waals surface area (Å²) in [5.41, 5.74) is 2.79. The van der Waals surface area contributed by atoms with Crippen LogP contribution in [0.3, 0.4) is 0 Å². The number of hydrogen-bond donors (Lipinski definition) is 0. The Bertz CT molecular complexity index is 590. The molecule has 0 N–H and O–H groups in total. The van der Waals surface area contributed by atoms with Gasteiger partial charge in [0.15, 0.2) is 6.04 Å². The third-order valence-electron chi connectivity index (χ3n) is 3.74. The van der Waals surface area contributed by atoms with Gasteiger partial charge < -0.3 is 4.74 Å². The van der Waals surface area contributed by atoms with Gasteiger partial charge in [0.1, 0.15) is 19.8 Å². The van der Waals surface area contributed by atoms with Gasteiger partial charge in [-0.2, -0.15) is 0 Å². The van der Waals surface area contributed by atoms with Crippen molar-refractivity contribution in [3.63, 3.8) is 0 Å². The van der Waals surface area contributed by atoms with Crippen molar-refractivity contribution in [2.24, 2.45) is 7.05 Å². The maximum atomic E-state index is 5.93. The highest BCUT2D eigenvalue weighted by atomic mass is 16.5. The topological polar surface area (TPSA) is 30.9 Å². The molecule has 4 rings (SSSR count). The molecule has 2 atom stereocenters. The molecule has 17 heavy (non-hydrogen) atoms. The van der Waals surface area contributed by atoms with Crippen LogP contribution in [0.4, 0.5) is 0 Å². The van der Waals surface area contributed by atoms with Crippen molar-refractivity contribution in [1.29, 1.82) is 0 Å². The number of rotatable bonds is 0. The molecule has 4 nitrogen and oxygen atoms in total. The third kappa shape index (κ3) is 1.21. The Morgan fingerprint density at radius 1 is 1.41 bits per heavy atom. The van der Waals surface area contributed by atoms with Crippen LogP contribution in [0.25, 0.3) is 0 Å². The van der Waals surface area contributed by atoms with E-state index in [1.807, 2.05) is 11.7 Å². The fourth-order valence-corrected chi connectivity index (χ4v) is 3.04. The number of hydrogen-bond acceptors (Lipinski definition) is 2. The first kappa shape index (κ1) is 9.36. The first-order chi connectivity index (χ1) is 8.33. The van der Waals surface area contributed by atoms with Crippen LogP contribution in [-0.4, -0.2) is 15.8 Å². The number of aryl methyl sites for hydroxylation is 1. The zero-order valence-corrected chi connectivity index (χ0v) is 9.71. The highest BCUT2D eigenvalue weighted by Crippen LogP contribution is 2.39. The van der Waals surface area contributed by atoms with Crippen molar-refractivity contribution in [1.82, 2.24) is 9.67 Å². The van der Waals surface area contributed by atoms with Gasteiger partial charge in [-0.05, 0) is 10.7 Å². The van der Waals surface area contributed by atoms with E-state index in [2.05, 4.69) is 40.3 Å². The van der Waals surface area contributed by atoms with Gasteiger partial charge in [0, 0.05) is 12.0 Å². The second-order valence-electron chi connectivity index (χ2n) is 4.81. The quantitative estimate of drug-likeness (QED) is 0.623. The minimum atomic E-state index is 0.272. The summed E-state index contributed by atoms with van der Waals surface area (Å²) in [5.74, 6) is 1.02. The van der Waals surface area contributed by atoms with Crippen LogP contribution in [-0.2, 0) is 24.8 Å². The largest absolute Gasteiger partial charge is 0.363 e. The molecule has 1 aliphatic heterocycles. The summed E-state index contributed by atoms with van der Waals surface area (Å²) >= 11 is 0. The van der Waals surface area contributed by atoms with E-state index < -0.39 is 0 Å². The van der Waals surface area contributed by atoms with Gasteiger partial charge >= 0.3 is 0 Å². The lowest BCUT2D eigenvalue weighted by Crippen LogP contribution is -2.31. The molecule has 0 fully saturated rings. The second kappa shape index (κ2) is 3.17. The van der Waals surface area contributed by atoms with Gasteiger partial charge in [-0.15, -0.1) is 4.68 Å². The Balaban J connectivity index is 1.91. The zero-order chi connectivity index (χ0) is 11.4. The van der Waals surface area contributed by atoms with Crippen molar-refractivity contribution >= 4 is 0 Å². The number of ether oxygens (including phenoxy) is 1. The van der Waals surface area contributed by atoms with Crippen molar-refractivity contribution in [2.75, 3.05) is 0 Å². The lowest BCUT2D eigenvalue weighted by molar-refractivity contribution is -0.729. The van der Waals surface area contributed by atoms with E-state index in [1.165, 1.54) is 11.1 Å². The Hall–Kier alpha value is -1.68. The van der Waals surface area contributed by atoms with Crippen LogP contribution in [0.1, 0.15) is 23.0 Å². The van der Waals surface area contributed by atoms with E-state index in [0.717, 1.165) is 12.2 Å². The summed E-state index contributed by atoms with van der Waals surface area (Å²) in [6.07, 6.45) is 3.36. The monoisotopic (exact) mass is 228 g/mol. The van der Waals surface area contributed by atoms with Crippen molar-refractivity contribution in [2.45, 2.75) is 25.2 Å². The van der Waals surface area contributed by atoms with Crippen LogP contribution in [0.15, 0.2) is 30.6 Å². The molecule has 1 aromatic carbocycles. The van der Waals surface area contributed by atoms with E-state index >= 15 is 0 Å². The molecule has 0 unspecified atom stereocenters. The summed E-state index contributed by atoms with van der Waals surface area (Å²) in [5, 5.41) is 4.44. The predicted molar refractivity (Wildman–Crippen MR) is 60.3 cm³/mol. The number of aromatic nitrogens is 3. The standard InChI is InChI=1S/C13H14N3O/c1-15-8-16-12(14-15)7-17-11-6-9-4-2-3-5-10(9)13(11)16/h2-5,8,11,13H,6-7H2,1H3/q+1/t11-,13+/m1/s1. The molecule has 0 saturated heterocycles. The molecule has 2 aliphatic rings. The molecule has 0 spiro atoms. The summed E-state index contributed by atoms with van der Waals surface area (Å²) in [7, 11) is 1.96. The fourth-order valence-electron chi connectivity index (χ4n) is 3.04. The molecule has 1 aliphatic carbocycles. The highest BCUT2D eigenvalue weighted by Gasteiger charge is 2.43. The maximum absolute atomic E-state index is 5.93. The molecule has 2 aromatic rings. The predicted octanol–water partition coefficient (Wildman–Crippen LogP) is 0.752. The Labute approximate surface area is 99.5 Å². The van der Waals surface area contributed by atoms with Crippen LogP contribution >= 0.6 is 0 Å². The molecule has 0 amide bonds. The summed E-state index contributed by atoms with van der Waals surface area (Å²) in [6.45, 7) is 0.621. The van der Waals surface area contributed by atoms with Gasteiger partial charge in [0.25, 0.3) is 12.2 Å². The Morgan fingerprint density at radius 2 is 2.29 bits per heavy atom. The van der Waals surface area contributed by atoms with Crippen molar-refractivity contribution in [3.05, 3.63) is 47.5 Å². The molecule has 1 aromatic heterocycles. The van der Waals surface area contributed by atoms with Crippen LogP contribution in [0, 0.1) is 0 Å². The van der Waals surface area contributed by atoms with Crippen LogP contribution < -0.4 is 4.68 Å². The van der Waals surface area contributed by atoms with E-state index in [1.54, 1.807) is 0 Å². The van der Waals surface area contributed by atoms with Crippen molar-refractivity contribution < 1.29 is 9.42 Å². The van der Waals surface area contributed by atoms with Crippen molar-refractivity contribution in [3.8, 4) is 0 Å². The lowest BCUT2D eigenvalue weighted by atomic mass is 10.1. The minimum absolute atomic E-state index is 0.272. The summed E-state index contributed by atoms with van der Waals surface area (Å²) in [6, 6.07) is 8.92. The van der Waals surface area contributed by atoms with Gasteiger partial charge in [-0.3, -0.25) is 0 Å². The van der Waals surface area contributed by atoms with E-state index in [4.69, 9.17) is 4.74 Å². The first-order valence-corrected chi connectivity index (χ1v) is 5.96. The number of benzene rings is 1. The summed E-state index contributed by atoms with van der Waals surface area (Å²) < 4.78 is 10.1. The third-order valence-corrected chi connectivity index (χ3v) is 3.74. The van der Waals surface area contributed by atoms with E-state index in [0.29, 0.717) is 12.6 Å². The van der Waals surface area contributed by atoms with E-state index in [-0.39, 0.29) is 6.10 Å². The summed E-state index contributed by atoms with van der Waals surface area (Å²) in [4.78, 5) is 0. The smallest absolute Gasteiger partial charge is 0.266 e. The average Bonchev–Trinajstić information content (AvgIpc) is 2.87. The van der Waals surface area contributed by atoms with Gasteiger partial charge in [-0.1, -0.05) is 24.3 Å². The van der Waals surface area contributed by atoms with Gasteiger partial charge in [0.05, 0.1) is 0 Å². The van der Waals surface area contributed by atoms with Gasteiger partial charge in [0.2, 0.25) is 0 Å². The molecular weight excluding hydrogens is 214 g/mol. The highest BCUT2D eigenvalue weighted by molar-refractivity contribution is 5.37. The molecule has 0 saturated carbocycles. The Morgan fingerprint density at radius 3 is 3.24 bits per heavy atom. The van der Waals surface area contributed by atoms with Crippen LogP contribution in [0.5, 0.6) is 0 Å². The molecular formula is C13H14N3O+. The van der Waals surface area contributed by atoms with E-state index in [9.17, 15) is 0 Å². The number of nitrogens with zero attached hydrogens (tertiary/aromatic N) is 3. The van der Waals surface area contributed by atoms with Crippen LogP contribution in [0.2, 0.25) is 0 Å². The number of fused-ring (bicyclic) bond motifs is 5. The second-order valence-corrected chi connectivity index (χ2v) is 4.81. The molecule has 4 heteroatoms. The molecule has 2 heterocycles. The maximum Gasteiger partial charge on any atom is 0.266 e. The lowest BCUT2D eigenvalue weighted by Gasteiger charge is -2.23. The Kier molecular flexibility index (Phi) is 1.74. The molecule has 0 radical (unpaired) electrons. The SMILES string of the molecule is C[n+]1cn2c(n1)CO[C@@H]1Cc3ccccc3[C@@H]12. The zero-order valence-electron chi connectivity index (χ0n) is 9.71.